The number of nitrogens with two attached hydrogens (primary N) is 1. The molecule has 0 spiro atoms. The van der Waals surface area contributed by atoms with Crippen LogP contribution in [0, 0.1) is 5.92 Å². The van der Waals surface area contributed by atoms with Gasteiger partial charge in [-0.05, 0) is 36.3 Å². The second-order valence-corrected chi connectivity index (χ2v) is 9.33. The fourth-order valence-corrected chi connectivity index (χ4v) is 3.61. The molecule has 1 aromatic carbocycles. The Hall–Kier alpha value is -1.75. The minimum absolute atomic E-state index is 0.0901. The van der Waals surface area contributed by atoms with E-state index in [9.17, 15) is 19.5 Å². The lowest BCUT2D eigenvalue weighted by atomic mass is 10.0. The lowest BCUT2D eigenvalue weighted by molar-refractivity contribution is -0.142. The van der Waals surface area contributed by atoms with E-state index in [1.807, 2.05) is 50.4 Å². The molecule has 8 nitrogen and oxygen atoms in total. The molecule has 0 aromatic heterocycles. The van der Waals surface area contributed by atoms with E-state index in [1.165, 1.54) is 11.8 Å². The highest BCUT2D eigenvalue weighted by Gasteiger charge is 2.27. The van der Waals surface area contributed by atoms with Gasteiger partial charge in [-0.15, -0.1) is 0 Å². The van der Waals surface area contributed by atoms with E-state index in [4.69, 9.17) is 5.73 Å². The summed E-state index contributed by atoms with van der Waals surface area (Å²) in [5, 5.41) is 18.3. The fourth-order valence-electron chi connectivity index (χ4n) is 2.97. The van der Waals surface area contributed by atoms with Gasteiger partial charge in [0.25, 0.3) is 0 Å². The number of nitrogens with one attached hydrogen (secondary N) is 3. The molecule has 1 aromatic rings. The summed E-state index contributed by atoms with van der Waals surface area (Å²) in [7, 11) is 0. The number of carbonyl (C=O) groups excluding carboxylic acids is 2. The maximum Gasteiger partial charge on any atom is 0.326 e. The van der Waals surface area contributed by atoms with Gasteiger partial charge in [0.1, 0.15) is 6.04 Å². The number of carboxylic acid groups (broad SMARTS) is 1. The molecular formula is C22H36N4O4S2. The number of rotatable bonds is 15. The van der Waals surface area contributed by atoms with Crippen LogP contribution in [-0.2, 0) is 20.8 Å². The van der Waals surface area contributed by atoms with Gasteiger partial charge < -0.3 is 26.8 Å². The normalized spacial score (nSPS) is 14.9. The van der Waals surface area contributed by atoms with Crippen molar-refractivity contribution in [3.63, 3.8) is 0 Å². The fraction of sp³-hybridized carbons (Fsp3) is 0.591. The zero-order chi connectivity index (χ0) is 24.1. The summed E-state index contributed by atoms with van der Waals surface area (Å²) in [6.07, 6.45) is 2.61. The van der Waals surface area contributed by atoms with Crippen molar-refractivity contribution in [3.8, 4) is 0 Å². The molecule has 0 saturated heterocycles. The number of amides is 2. The Morgan fingerprint density at radius 1 is 1.09 bits per heavy atom. The Morgan fingerprint density at radius 3 is 2.28 bits per heavy atom. The van der Waals surface area contributed by atoms with Crippen molar-refractivity contribution in [2.75, 3.05) is 24.3 Å². The summed E-state index contributed by atoms with van der Waals surface area (Å²) >= 11 is 5.59. The number of aliphatic carboxylic acids is 1. The molecule has 0 bridgehead atoms. The Bertz CT molecular complexity index is 721. The maximum atomic E-state index is 13.0. The molecule has 1 rings (SSSR count). The van der Waals surface area contributed by atoms with E-state index in [0.29, 0.717) is 25.1 Å². The summed E-state index contributed by atoms with van der Waals surface area (Å²) < 4.78 is 0. The van der Waals surface area contributed by atoms with Crippen LogP contribution < -0.4 is 21.7 Å². The van der Waals surface area contributed by atoms with Gasteiger partial charge in [0, 0.05) is 18.3 Å². The van der Waals surface area contributed by atoms with Crippen LogP contribution in [0.2, 0.25) is 0 Å². The van der Waals surface area contributed by atoms with Gasteiger partial charge in [-0.2, -0.15) is 24.4 Å². The van der Waals surface area contributed by atoms with Gasteiger partial charge in [-0.1, -0.05) is 44.2 Å². The first-order valence-electron chi connectivity index (χ1n) is 10.7. The molecule has 32 heavy (non-hydrogen) atoms. The molecule has 4 atom stereocenters. The van der Waals surface area contributed by atoms with Crippen molar-refractivity contribution in [2.24, 2.45) is 11.7 Å². The molecule has 180 valence electrons. The van der Waals surface area contributed by atoms with E-state index in [1.54, 1.807) is 0 Å². The van der Waals surface area contributed by atoms with Gasteiger partial charge in [-0.25, -0.2) is 4.79 Å². The summed E-state index contributed by atoms with van der Waals surface area (Å²) in [6.45, 7) is 4.26. The third-order valence-corrected chi connectivity index (χ3v) is 6.11. The molecule has 0 saturated carbocycles. The maximum absolute atomic E-state index is 13.0. The Labute approximate surface area is 200 Å². The number of carbonyl (C=O) groups is 3. The van der Waals surface area contributed by atoms with E-state index in [0.717, 1.165) is 5.56 Å². The highest BCUT2D eigenvalue weighted by molar-refractivity contribution is 7.98. The van der Waals surface area contributed by atoms with Gasteiger partial charge in [0.05, 0.1) is 12.1 Å². The number of carboxylic acids is 1. The van der Waals surface area contributed by atoms with Gasteiger partial charge in [0.2, 0.25) is 11.8 Å². The zero-order valence-electron chi connectivity index (χ0n) is 18.9. The lowest BCUT2D eigenvalue weighted by Gasteiger charge is -2.27. The quantitative estimate of drug-likeness (QED) is 0.204. The van der Waals surface area contributed by atoms with Crippen LogP contribution in [0.1, 0.15) is 25.8 Å². The highest BCUT2D eigenvalue weighted by Crippen LogP contribution is 2.08. The van der Waals surface area contributed by atoms with Crippen LogP contribution in [0.4, 0.5) is 0 Å². The molecule has 6 N–H and O–H groups in total. The van der Waals surface area contributed by atoms with Crippen molar-refractivity contribution in [3.05, 3.63) is 35.9 Å². The summed E-state index contributed by atoms with van der Waals surface area (Å²) in [6, 6.07) is 6.91. The Morgan fingerprint density at radius 2 is 1.75 bits per heavy atom. The first-order valence-corrected chi connectivity index (χ1v) is 12.7. The average molecular weight is 485 g/mol. The predicted octanol–water partition coefficient (Wildman–Crippen LogP) is 0.908. The lowest BCUT2D eigenvalue weighted by Crippen LogP contribution is -2.56. The number of benzene rings is 1. The molecule has 0 fully saturated rings. The topological polar surface area (TPSA) is 134 Å². The molecule has 0 aliphatic rings. The molecule has 10 heteroatoms. The Kier molecular flexibility index (Phi) is 13.4. The van der Waals surface area contributed by atoms with Crippen LogP contribution in [0.3, 0.4) is 0 Å². The third kappa shape index (κ3) is 10.2. The zero-order valence-corrected chi connectivity index (χ0v) is 20.6. The second-order valence-electron chi connectivity index (χ2n) is 7.98. The van der Waals surface area contributed by atoms with Gasteiger partial charge in [0.15, 0.2) is 0 Å². The first kappa shape index (κ1) is 28.3. The molecular weight excluding hydrogens is 448 g/mol. The highest BCUT2D eigenvalue weighted by atomic mass is 32.2. The molecule has 0 heterocycles. The smallest absolute Gasteiger partial charge is 0.326 e. The molecule has 3 unspecified atom stereocenters. The van der Waals surface area contributed by atoms with Crippen LogP contribution in [0.5, 0.6) is 0 Å². The molecule has 2 amide bonds. The number of hydrogen-bond acceptors (Lipinski definition) is 7. The van der Waals surface area contributed by atoms with Crippen molar-refractivity contribution in [2.45, 2.75) is 50.9 Å². The van der Waals surface area contributed by atoms with Gasteiger partial charge in [-0.3, -0.25) is 9.59 Å². The van der Waals surface area contributed by atoms with Crippen LogP contribution >= 0.6 is 24.4 Å². The van der Waals surface area contributed by atoms with Crippen LogP contribution in [0.15, 0.2) is 30.3 Å². The van der Waals surface area contributed by atoms with E-state index in [-0.39, 0.29) is 29.5 Å². The van der Waals surface area contributed by atoms with E-state index < -0.39 is 24.1 Å². The monoisotopic (exact) mass is 484 g/mol. The van der Waals surface area contributed by atoms with Crippen molar-refractivity contribution in [1.29, 1.82) is 0 Å². The molecule has 0 radical (unpaired) electrons. The van der Waals surface area contributed by atoms with Crippen LogP contribution in [0.25, 0.3) is 0 Å². The van der Waals surface area contributed by atoms with E-state index >= 15 is 0 Å². The first-order chi connectivity index (χ1) is 15.2. The third-order valence-electron chi connectivity index (χ3n) is 5.07. The number of thiol groups is 1. The van der Waals surface area contributed by atoms with Crippen molar-refractivity contribution < 1.29 is 19.5 Å². The van der Waals surface area contributed by atoms with Gasteiger partial charge >= 0.3 is 5.97 Å². The summed E-state index contributed by atoms with van der Waals surface area (Å²) in [5.41, 5.74) is 6.71. The minimum atomic E-state index is -1.06. The molecule has 0 aliphatic heterocycles. The minimum Gasteiger partial charge on any atom is -0.480 e. The summed E-state index contributed by atoms with van der Waals surface area (Å²) in [5.74, 6) is -0.793. The Balaban J connectivity index is 2.93. The SMILES string of the molecule is CSCCC(NC(=O)C(Cc1ccccc1)NCC(NC(=O)[C@H](N)CS)C(C)C)C(=O)O. The second kappa shape index (κ2) is 15.2. The standard InChI is InChI=1S/C22H36N4O4S2/c1-14(2)19(26-20(27)16(23)13-31)12-24-18(11-15-7-5-4-6-8-15)21(28)25-17(22(29)30)9-10-32-3/h4-8,14,16-19,24,31H,9-13,23H2,1-3H3,(H,25,28)(H,26,27)(H,29,30)/t16-,17?,18?,19?/m1/s1. The van der Waals surface area contributed by atoms with Crippen LogP contribution in [-0.4, -0.2) is 71.4 Å². The van der Waals surface area contributed by atoms with Crippen molar-refractivity contribution in [1.82, 2.24) is 16.0 Å². The van der Waals surface area contributed by atoms with Crippen molar-refractivity contribution >= 4 is 42.2 Å². The predicted molar refractivity (Wildman–Crippen MR) is 133 cm³/mol. The molecule has 0 aliphatic carbocycles. The van der Waals surface area contributed by atoms with E-state index in [2.05, 4.69) is 28.6 Å². The summed E-state index contributed by atoms with van der Waals surface area (Å²) in [4.78, 5) is 36.8. The number of thioether (sulfide) groups is 1. The average Bonchev–Trinajstić information content (AvgIpc) is 2.77. The number of hydrogen-bond donors (Lipinski definition) is 6. The largest absolute Gasteiger partial charge is 0.480 e.